The van der Waals surface area contributed by atoms with Crippen LogP contribution in [-0.4, -0.2) is 109 Å². The maximum Gasteiger partial charge on any atom is 0.123 e. The lowest BCUT2D eigenvalue weighted by molar-refractivity contribution is 0.176. The lowest BCUT2D eigenvalue weighted by atomic mass is 9.97. The Morgan fingerprint density at radius 1 is 0.500 bits per heavy atom. The Bertz CT molecular complexity index is 2280. The fourth-order valence-corrected chi connectivity index (χ4v) is 7.70. The van der Waals surface area contributed by atoms with Crippen molar-refractivity contribution in [2.45, 2.75) is 72.8 Å². The molecule has 6 aromatic rings. The summed E-state index contributed by atoms with van der Waals surface area (Å²) in [5, 5.41) is 41.9. The molecule has 0 spiro atoms. The minimum atomic E-state index is 0.103. The lowest BCUT2D eigenvalue weighted by Crippen LogP contribution is -2.35. The molecule has 6 aromatic carbocycles. The number of benzene rings is 6. The smallest absolute Gasteiger partial charge is 0.123 e. The van der Waals surface area contributed by atoms with E-state index in [0.717, 1.165) is 106 Å². The number of aliphatic hydroxyl groups is 2. The van der Waals surface area contributed by atoms with Crippen molar-refractivity contribution in [2.24, 2.45) is 0 Å². The minimum Gasteiger partial charge on any atom is -0.508 e. The standard InChI is InChI=1S/C28H37NO4.C26H33NO4/c1-4-14-29(21(2)3)15-18-32-25-10-6-22(7-11-25)19-27-26-12-9-24(31)20-23(26)8-13-28(27)33-17-5-16-30;1-3-27(4-2)14-17-30-23-10-6-20(7-11-23)18-25-24-12-9-22(29)19-21(24)8-13-26(25)31-16-5-15-28/h6-13,20-21,30-31H,4-5,14-19H2,1-3H3;6-13,19,28-29H,3-5,14-18H2,1-2H3. The third-order valence-corrected chi connectivity index (χ3v) is 11.3. The highest BCUT2D eigenvalue weighted by atomic mass is 16.5. The van der Waals surface area contributed by atoms with Gasteiger partial charge in [0.15, 0.2) is 0 Å². The maximum atomic E-state index is 9.87. The fraction of sp³-hybridized carbons (Fsp3) is 0.407. The largest absolute Gasteiger partial charge is 0.508 e. The Kier molecular flexibility index (Phi) is 20.3. The topological polar surface area (TPSA) is 124 Å². The number of rotatable bonds is 25. The Morgan fingerprint density at radius 2 is 0.953 bits per heavy atom. The first-order chi connectivity index (χ1) is 31.2. The summed E-state index contributed by atoms with van der Waals surface area (Å²) < 4.78 is 23.8. The van der Waals surface area contributed by atoms with Gasteiger partial charge in [-0.1, -0.05) is 69.3 Å². The Morgan fingerprint density at radius 3 is 1.36 bits per heavy atom. The molecular formula is C54H70N2O8. The van der Waals surface area contributed by atoms with Gasteiger partial charge in [-0.2, -0.15) is 0 Å². The van der Waals surface area contributed by atoms with E-state index in [-0.39, 0.29) is 24.7 Å². The van der Waals surface area contributed by atoms with Crippen molar-refractivity contribution in [3.05, 3.63) is 131 Å². The van der Waals surface area contributed by atoms with Crippen LogP contribution in [0.2, 0.25) is 0 Å². The average Bonchev–Trinajstić information content (AvgIpc) is 3.30. The number of hydrogen-bond acceptors (Lipinski definition) is 10. The predicted octanol–water partition coefficient (Wildman–Crippen LogP) is 10.0. The third-order valence-electron chi connectivity index (χ3n) is 11.3. The number of hydrogen-bond donors (Lipinski definition) is 4. The molecule has 10 heteroatoms. The first-order valence-corrected chi connectivity index (χ1v) is 23.0. The van der Waals surface area contributed by atoms with Crippen molar-refractivity contribution < 1.29 is 39.4 Å². The van der Waals surface area contributed by atoms with Crippen molar-refractivity contribution in [1.29, 1.82) is 0 Å². The summed E-state index contributed by atoms with van der Waals surface area (Å²) in [6, 6.07) is 35.6. The minimum absolute atomic E-state index is 0.103. The molecule has 0 aliphatic heterocycles. The fourth-order valence-electron chi connectivity index (χ4n) is 7.70. The zero-order valence-corrected chi connectivity index (χ0v) is 38.6. The van der Waals surface area contributed by atoms with Gasteiger partial charge in [0.05, 0.1) is 13.2 Å². The van der Waals surface area contributed by atoms with Gasteiger partial charge in [-0.25, -0.2) is 0 Å². The van der Waals surface area contributed by atoms with Crippen LogP contribution in [0.15, 0.2) is 109 Å². The molecule has 0 unspecified atom stereocenters. The quantitative estimate of drug-likeness (QED) is 0.0414. The van der Waals surface area contributed by atoms with E-state index >= 15 is 0 Å². The summed E-state index contributed by atoms with van der Waals surface area (Å²) in [5.41, 5.74) is 4.46. The molecule has 344 valence electrons. The summed E-state index contributed by atoms with van der Waals surface area (Å²) in [6.45, 7) is 18.5. The molecule has 6 rings (SSSR count). The molecule has 64 heavy (non-hydrogen) atoms. The van der Waals surface area contributed by atoms with Crippen LogP contribution in [-0.2, 0) is 12.8 Å². The molecule has 4 N–H and O–H groups in total. The molecule has 0 amide bonds. The molecule has 0 heterocycles. The van der Waals surface area contributed by atoms with E-state index in [1.807, 2.05) is 60.7 Å². The summed E-state index contributed by atoms with van der Waals surface area (Å²) in [5.74, 6) is 3.87. The molecule has 0 aliphatic rings. The number of likely N-dealkylation sites (N-methyl/N-ethyl adjacent to an activating group) is 1. The van der Waals surface area contributed by atoms with Crippen molar-refractivity contribution >= 4 is 21.5 Å². The van der Waals surface area contributed by atoms with E-state index in [1.165, 1.54) is 0 Å². The zero-order valence-electron chi connectivity index (χ0n) is 38.6. The molecule has 0 fully saturated rings. The average molecular weight is 875 g/mol. The van der Waals surface area contributed by atoms with Crippen LogP contribution >= 0.6 is 0 Å². The second-order valence-corrected chi connectivity index (χ2v) is 16.2. The number of aliphatic hydroxyl groups excluding tert-OH is 2. The summed E-state index contributed by atoms with van der Waals surface area (Å²) in [4.78, 5) is 4.77. The number of nitrogens with zero attached hydrogens (tertiary/aromatic N) is 2. The second-order valence-electron chi connectivity index (χ2n) is 16.2. The van der Waals surface area contributed by atoms with Crippen molar-refractivity contribution in [2.75, 3.05) is 72.4 Å². The molecule has 0 radical (unpaired) electrons. The molecule has 0 aromatic heterocycles. The summed E-state index contributed by atoms with van der Waals surface area (Å²) in [6.07, 6.45) is 3.73. The van der Waals surface area contributed by atoms with Crippen LogP contribution in [0.4, 0.5) is 0 Å². The number of phenolic OH excluding ortho intramolecular Hbond substituents is 2. The van der Waals surface area contributed by atoms with Crippen LogP contribution in [0.25, 0.3) is 21.5 Å². The molecule has 10 nitrogen and oxygen atoms in total. The van der Waals surface area contributed by atoms with E-state index in [1.54, 1.807) is 24.3 Å². The van der Waals surface area contributed by atoms with Gasteiger partial charge in [-0.15, -0.1) is 0 Å². The van der Waals surface area contributed by atoms with Crippen LogP contribution < -0.4 is 18.9 Å². The molecule has 0 aliphatic carbocycles. The van der Waals surface area contributed by atoms with Crippen molar-refractivity contribution in [3.63, 3.8) is 0 Å². The van der Waals surface area contributed by atoms with Gasteiger partial charge in [0.1, 0.15) is 47.7 Å². The van der Waals surface area contributed by atoms with E-state index in [0.29, 0.717) is 58.2 Å². The van der Waals surface area contributed by atoms with Gasteiger partial charge in [0, 0.05) is 69.2 Å². The maximum absolute atomic E-state index is 9.87. The normalized spacial score (nSPS) is 11.3. The van der Waals surface area contributed by atoms with Gasteiger partial charge in [-0.3, -0.25) is 4.90 Å². The van der Waals surface area contributed by atoms with E-state index in [4.69, 9.17) is 29.2 Å². The molecule has 0 bridgehead atoms. The number of fused-ring (bicyclic) bond motifs is 2. The van der Waals surface area contributed by atoms with Crippen molar-refractivity contribution in [3.8, 4) is 34.5 Å². The Labute approximate surface area is 380 Å². The Balaban J connectivity index is 0.000000241. The van der Waals surface area contributed by atoms with Crippen LogP contribution in [0.5, 0.6) is 34.5 Å². The third kappa shape index (κ3) is 15.0. The molecule has 0 atom stereocenters. The zero-order chi connectivity index (χ0) is 45.7. The predicted molar refractivity (Wildman–Crippen MR) is 260 cm³/mol. The molecule has 0 saturated heterocycles. The van der Waals surface area contributed by atoms with Crippen LogP contribution in [0, 0.1) is 0 Å². The highest BCUT2D eigenvalue weighted by Crippen LogP contribution is 2.34. The number of phenols is 2. The van der Waals surface area contributed by atoms with E-state index in [2.05, 4.69) is 68.7 Å². The van der Waals surface area contributed by atoms with E-state index < -0.39 is 0 Å². The monoisotopic (exact) mass is 875 g/mol. The van der Waals surface area contributed by atoms with Gasteiger partial charge in [-0.05, 0) is 133 Å². The lowest BCUT2D eigenvalue weighted by Gasteiger charge is -2.25. The van der Waals surface area contributed by atoms with Gasteiger partial charge >= 0.3 is 0 Å². The second kappa shape index (κ2) is 26.3. The highest BCUT2D eigenvalue weighted by Gasteiger charge is 2.14. The molecule has 0 saturated carbocycles. The highest BCUT2D eigenvalue weighted by molar-refractivity contribution is 5.90. The summed E-state index contributed by atoms with van der Waals surface area (Å²) >= 11 is 0. The van der Waals surface area contributed by atoms with Crippen LogP contribution in [0.1, 0.15) is 76.1 Å². The first kappa shape index (κ1) is 49.5. The van der Waals surface area contributed by atoms with Gasteiger partial charge in [0.25, 0.3) is 0 Å². The number of ether oxygens (including phenoxy) is 4. The molecular weight excluding hydrogens is 805 g/mol. The van der Waals surface area contributed by atoms with Gasteiger partial charge in [0.2, 0.25) is 0 Å². The van der Waals surface area contributed by atoms with E-state index in [9.17, 15) is 10.2 Å². The summed E-state index contributed by atoms with van der Waals surface area (Å²) in [7, 11) is 0. The SMILES string of the molecule is CCCN(CCOc1ccc(Cc2c(OCCCO)ccc3cc(O)ccc23)cc1)C(C)C.CCN(CC)CCOc1ccc(Cc2c(OCCCO)ccc3cc(O)ccc23)cc1. The van der Waals surface area contributed by atoms with Crippen molar-refractivity contribution in [1.82, 2.24) is 9.80 Å². The van der Waals surface area contributed by atoms with Crippen LogP contribution in [0.3, 0.4) is 0 Å². The first-order valence-electron chi connectivity index (χ1n) is 23.0. The number of aromatic hydroxyl groups is 2. The Hall–Kier alpha value is -5.52. The van der Waals surface area contributed by atoms with Gasteiger partial charge < -0.3 is 44.3 Å².